The quantitative estimate of drug-likeness (QED) is 0.891. The zero-order valence-corrected chi connectivity index (χ0v) is 12.1. The number of nitrogens with one attached hydrogen (secondary N) is 1. The summed E-state index contributed by atoms with van der Waals surface area (Å²) in [7, 11) is 0. The van der Waals surface area contributed by atoms with Gasteiger partial charge in [-0.3, -0.25) is 4.79 Å². The molecule has 2 aromatic rings. The first-order valence-corrected chi connectivity index (χ1v) is 7.01. The van der Waals surface area contributed by atoms with E-state index in [0.717, 1.165) is 23.7 Å². The predicted octanol–water partition coefficient (Wildman–Crippen LogP) is 3.60. The molecule has 1 unspecified atom stereocenters. The lowest BCUT2D eigenvalue weighted by atomic mass is 10.2. The van der Waals surface area contributed by atoms with Crippen molar-refractivity contribution in [3.05, 3.63) is 35.5 Å². The standard InChI is InChI=1S/C15H19ClN2O/c1-3-4-11(2)17-15(19)10-18-8-7-12-9-13(16)5-6-14(12)18/h5-9,11H,3-4,10H2,1-2H3,(H,17,19). The largest absolute Gasteiger partial charge is 0.352 e. The summed E-state index contributed by atoms with van der Waals surface area (Å²) < 4.78 is 1.94. The molecule has 4 heteroatoms. The van der Waals surface area contributed by atoms with Crippen LogP contribution in [0.5, 0.6) is 0 Å². The molecule has 1 heterocycles. The number of carbonyl (C=O) groups excluding carboxylic acids is 1. The van der Waals surface area contributed by atoms with Crippen LogP contribution in [-0.4, -0.2) is 16.5 Å². The van der Waals surface area contributed by atoms with Gasteiger partial charge in [0.25, 0.3) is 0 Å². The molecule has 2 rings (SSSR count). The molecule has 1 amide bonds. The Hall–Kier alpha value is -1.48. The van der Waals surface area contributed by atoms with Crippen LogP contribution in [-0.2, 0) is 11.3 Å². The van der Waals surface area contributed by atoms with Gasteiger partial charge in [-0.2, -0.15) is 0 Å². The summed E-state index contributed by atoms with van der Waals surface area (Å²) >= 11 is 5.95. The summed E-state index contributed by atoms with van der Waals surface area (Å²) in [6.07, 6.45) is 4.01. The smallest absolute Gasteiger partial charge is 0.240 e. The Balaban J connectivity index is 2.07. The average molecular weight is 279 g/mol. The van der Waals surface area contributed by atoms with Gasteiger partial charge in [0, 0.05) is 28.2 Å². The summed E-state index contributed by atoms with van der Waals surface area (Å²) in [5.41, 5.74) is 1.03. The highest BCUT2D eigenvalue weighted by Gasteiger charge is 2.09. The van der Waals surface area contributed by atoms with Crippen molar-refractivity contribution < 1.29 is 4.79 Å². The number of nitrogens with zero attached hydrogens (tertiary/aromatic N) is 1. The molecule has 1 atom stereocenters. The highest BCUT2D eigenvalue weighted by atomic mass is 35.5. The van der Waals surface area contributed by atoms with Gasteiger partial charge in [-0.1, -0.05) is 24.9 Å². The fourth-order valence-electron chi connectivity index (χ4n) is 2.29. The second-order valence-electron chi connectivity index (χ2n) is 4.90. The number of hydrogen-bond donors (Lipinski definition) is 1. The molecule has 0 spiro atoms. The van der Waals surface area contributed by atoms with Crippen LogP contribution < -0.4 is 5.32 Å². The molecule has 102 valence electrons. The normalized spacial score (nSPS) is 12.6. The number of aromatic nitrogens is 1. The molecular formula is C15H19ClN2O. The number of halogens is 1. The van der Waals surface area contributed by atoms with Crippen molar-refractivity contribution in [1.29, 1.82) is 0 Å². The van der Waals surface area contributed by atoms with Crippen LogP contribution in [0.25, 0.3) is 10.9 Å². The molecule has 0 aliphatic rings. The lowest BCUT2D eigenvalue weighted by molar-refractivity contribution is -0.122. The van der Waals surface area contributed by atoms with E-state index in [1.165, 1.54) is 0 Å². The Kier molecular flexibility index (Phi) is 4.48. The van der Waals surface area contributed by atoms with E-state index in [1.807, 2.05) is 42.0 Å². The maximum atomic E-state index is 11.9. The van der Waals surface area contributed by atoms with Crippen LogP contribution in [0.15, 0.2) is 30.5 Å². The van der Waals surface area contributed by atoms with Crippen LogP contribution in [0.3, 0.4) is 0 Å². The van der Waals surface area contributed by atoms with Crippen molar-refractivity contribution in [3.63, 3.8) is 0 Å². The van der Waals surface area contributed by atoms with Crippen molar-refractivity contribution in [1.82, 2.24) is 9.88 Å². The van der Waals surface area contributed by atoms with Crippen LogP contribution in [0, 0.1) is 0 Å². The van der Waals surface area contributed by atoms with Gasteiger partial charge in [0.2, 0.25) is 5.91 Å². The van der Waals surface area contributed by atoms with E-state index < -0.39 is 0 Å². The molecule has 0 aliphatic heterocycles. The molecule has 0 radical (unpaired) electrons. The van der Waals surface area contributed by atoms with Crippen molar-refractivity contribution in [2.24, 2.45) is 0 Å². The number of fused-ring (bicyclic) bond motifs is 1. The van der Waals surface area contributed by atoms with Crippen molar-refractivity contribution in [3.8, 4) is 0 Å². The monoisotopic (exact) mass is 278 g/mol. The van der Waals surface area contributed by atoms with Gasteiger partial charge in [-0.15, -0.1) is 0 Å². The Bertz CT molecular complexity index is 577. The third-order valence-corrected chi connectivity index (χ3v) is 3.41. The minimum Gasteiger partial charge on any atom is -0.352 e. The third kappa shape index (κ3) is 3.51. The van der Waals surface area contributed by atoms with Gasteiger partial charge in [-0.25, -0.2) is 0 Å². The van der Waals surface area contributed by atoms with Crippen LogP contribution in [0.2, 0.25) is 5.02 Å². The first-order valence-electron chi connectivity index (χ1n) is 6.64. The number of carbonyl (C=O) groups is 1. The molecule has 0 fully saturated rings. The highest BCUT2D eigenvalue weighted by Crippen LogP contribution is 2.20. The minimum absolute atomic E-state index is 0.0494. The molecule has 0 saturated carbocycles. The van der Waals surface area contributed by atoms with Gasteiger partial charge in [-0.05, 0) is 37.6 Å². The SMILES string of the molecule is CCCC(C)NC(=O)Cn1ccc2cc(Cl)ccc21. The summed E-state index contributed by atoms with van der Waals surface area (Å²) in [5, 5.41) is 4.78. The number of benzene rings is 1. The van der Waals surface area contributed by atoms with Crippen molar-refractivity contribution >= 4 is 28.4 Å². The highest BCUT2D eigenvalue weighted by molar-refractivity contribution is 6.31. The topological polar surface area (TPSA) is 34.0 Å². The summed E-state index contributed by atoms with van der Waals surface area (Å²) in [4.78, 5) is 11.9. The van der Waals surface area contributed by atoms with Crippen molar-refractivity contribution in [2.75, 3.05) is 0 Å². The van der Waals surface area contributed by atoms with Gasteiger partial charge in [0.15, 0.2) is 0 Å². The molecule has 1 aromatic carbocycles. The molecular weight excluding hydrogens is 260 g/mol. The Morgan fingerprint density at radius 3 is 2.95 bits per heavy atom. The number of amides is 1. The molecule has 0 bridgehead atoms. The van der Waals surface area contributed by atoms with Crippen molar-refractivity contribution in [2.45, 2.75) is 39.3 Å². The fraction of sp³-hybridized carbons (Fsp3) is 0.400. The first-order chi connectivity index (χ1) is 9.10. The van der Waals surface area contributed by atoms with E-state index in [0.29, 0.717) is 11.6 Å². The first kappa shape index (κ1) is 13.9. The molecule has 0 saturated heterocycles. The van der Waals surface area contributed by atoms with Gasteiger partial charge >= 0.3 is 0 Å². The predicted molar refractivity (Wildman–Crippen MR) is 79.5 cm³/mol. The molecule has 1 aromatic heterocycles. The van der Waals surface area contributed by atoms with E-state index in [-0.39, 0.29) is 11.9 Å². The van der Waals surface area contributed by atoms with Gasteiger partial charge < -0.3 is 9.88 Å². The summed E-state index contributed by atoms with van der Waals surface area (Å²) in [5.74, 6) is 0.0494. The summed E-state index contributed by atoms with van der Waals surface area (Å²) in [6.45, 7) is 4.50. The van der Waals surface area contributed by atoms with E-state index in [1.54, 1.807) is 0 Å². The second-order valence-corrected chi connectivity index (χ2v) is 5.34. The van der Waals surface area contributed by atoms with Crippen LogP contribution >= 0.6 is 11.6 Å². The Morgan fingerprint density at radius 2 is 2.21 bits per heavy atom. The average Bonchev–Trinajstić information content (AvgIpc) is 2.71. The van der Waals surface area contributed by atoms with Crippen LogP contribution in [0.4, 0.5) is 0 Å². The number of rotatable bonds is 5. The lowest BCUT2D eigenvalue weighted by Gasteiger charge is -2.13. The zero-order chi connectivity index (χ0) is 13.8. The molecule has 3 nitrogen and oxygen atoms in total. The fourth-order valence-corrected chi connectivity index (χ4v) is 2.47. The number of hydrogen-bond acceptors (Lipinski definition) is 1. The maximum Gasteiger partial charge on any atom is 0.240 e. The molecule has 0 aliphatic carbocycles. The van der Waals surface area contributed by atoms with E-state index >= 15 is 0 Å². The Morgan fingerprint density at radius 1 is 1.42 bits per heavy atom. The third-order valence-electron chi connectivity index (χ3n) is 3.18. The van der Waals surface area contributed by atoms with Crippen LogP contribution in [0.1, 0.15) is 26.7 Å². The van der Waals surface area contributed by atoms with E-state index in [2.05, 4.69) is 12.2 Å². The zero-order valence-electron chi connectivity index (χ0n) is 11.3. The summed E-state index contributed by atoms with van der Waals surface area (Å²) in [6, 6.07) is 7.90. The second kappa shape index (κ2) is 6.11. The van der Waals surface area contributed by atoms with E-state index in [9.17, 15) is 4.79 Å². The molecule has 19 heavy (non-hydrogen) atoms. The maximum absolute atomic E-state index is 11.9. The van der Waals surface area contributed by atoms with E-state index in [4.69, 9.17) is 11.6 Å². The lowest BCUT2D eigenvalue weighted by Crippen LogP contribution is -2.34. The van der Waals surface area contributed by atoms with Gasteiger partial charge in [0.05, 0.1) is 0 Å². The molecule has 1 N–H and O–H groups in total. The Labute approximate surface area is 118 Å². The van der Waals surface area contributed by atoms with Gasteiger partial charge in [0.1, 0.15) is 6.54 Å². The minimum atomic E-state index is 0.0494.